The summed E-state index contributed by atoms with van der Waals surface area (Å²) in [4.78, 5) is 12.0. The quantitative estimate of drug-likeness (QED) is 0.671. The Morgan fingerprint density at radius 3 is 2.60 bits per heavy atom. The zero-order chi connectivity index (χ0) is 14.7. The van der Waals surface area contributed by atoms with E-state index in [1.807, 2.05) is 25.1 Å². The van der Waals surface area contributed by atoms with Crippen molar-refractivity contribution in [3.05, 3.63) is 58.9 Å². The Balaban J connectivity index is 2.13. The van der Waals surface area contributed by atoms with Gasteiger partial charge in [0.1, 0.15) is 5.82 Å². The van der Waals surface area contributed by atoms with Crippen LogP contribution in [0, 0.1) is 12.7 Å². The molecule has 20 heavy (non-hydrogen) atoms. The number of nitrogens with two attached hydrogens (primary N) is 2. The molecule has 104 valence electrons. The van der Waals surface area contributed by atoms with Crippen molar-refractivity contribution in [1.82, 2.24) is 0 Å². The first-order valence-corrected chi connectivity index (χ1v) is 7.03. The third-order valence-electron chi connectivity index (χ3n) is 2.92. The SMILES string of the molecule is Cc1cc(N)ccc1SCc1ccc(C(N)=O)cc1F. The van der Waals surface area contributed by atoms with Crippen LogP contribution in [-0.4, -0.2) is 5.91 Å². The second-order valence-electron chi connectivity index (χ2n) is 4.48. The maximum atomic E-state index is 13.8. The number of carbonyl (C=O) groups is 1. The molecule has 3 nitrogen and oxygen atoms in total. The lowest BCUT2D eigenvalue weighted by Crippen LogP contribution is -2.11. The van der Waals surface area contributed by atoms with Crippen molar-refractivity contribution in [3.63, 3.8) is 0 Å². The molecule has 0 unspecified atom stereocenters. The minimum absolute atomic E-state index is 0.180. The van der Waals surface area contributed by atoms with Gasteiger partial charge in [-0.15, -0.1) is 11.8 Å². The van der Waals surface area contributed by atoms with Crippen LogP contribution in [0.25, 0.3) is 0 Å². The maximum Gasteiger partial charge on any atom is 0.248 e. The summed E-state index contributed by atoms with van der Waals surface area (Å²) in [5.41, 5.74) is 13.3. The molecule has 0 radical (unpaired) electrons. The first-order valence-electron chi connectivity index (χ1n) is 6.04. The molecular formula is C15H15FN2OS. The summed E-state index contributed by atoms with van der Waals surface area (Å²) in [6, 6.07) is 9.93. The molecule has 0 aliphatic carbocycles. The molecule has 0 bridgehead atoms. The average Bonchev–Trinajstić information content (AvgIpc) is 2.38. The van der Waals surface area contributed by atoms with Gasteiger partial charge in [-0.3, -0.25) is 4.79 Å². The average molecular weight is 290 g/mol. The molecule has 0 aromatic heterocycles. The van der Waals surface area contributed by atoms with Crippen molar-refractivity contribution in [2.24, 2.45) is 5.73 Å². The summed E-state index contributed by atoms with van der Waals surface area (Å²) in [5, 5.41) is 0. The monoisotopic (exact) mass is 290 g/mol. The number of halogens is 1. The highest BCUT2D eigenvalue weighted by Gasteiger charge is 2.08. The Morgan fingerprint density at radius 1 is 1.25 bits per heavy atom. The number of aryl methyl sites for hydroxylation is 1. The van der Waals surface area contributed by atoms with E-state index in [4.69, 9.17) is 11.5 Å². The van der Waals surface area contributed by atoms with Crippen LogP contribution >= 0.6 is 11.8 Å². The van der Waals surface area contributed by atoms with Crippen molar-refractivity contribution in [2.45, 2.75) is 17.6 Å². The van der Waals surface area contributed by atoms with E-state index < -0.39 is 11.7 Å². The van der Waals surface area contributed by atoms with Crippen LogP contribution in [0.5, 0.6) is 0 Å². The number of anilines is 1. The summed E-state index contributed by atoms with van der Waals surface area (Å²) in [6.45, 7) is 1.96. The molecule has 0 spiro atoms. The van der Waals surface area contributed by atoms with Gasteiger partial charge in [-0.1, -0.05) is 6.07 Å². The van der Waals surface area contributed by atoms with E-state index in [9.17, 15) is 9.18 Å². The first kappa shape index (κ1) is 14.4. The molecular weight excluding hydrogens is 275 g/mol. The molecule has 2 aromatic rings. The predicted octanol–water partition coefficient (Wildman–Crippen LogP) is 3.11. The Bertz CT molecular complexity index is 658. The van der Waals surface area contributed by atoms with E-state index in [1.54, 1.807) is 6.07 Å². The lowest BCUT2D eigenvalue weighted by atomic mass is 10.1. The van der Waals surface area contributed by atoms with Crippen LogP contribution in [0.3, 0.4) is 0 Å². The summed E-state index contributed by atoms with van der Waals surface area (Å²) in [5.74, 6) is -0.560. The molecule has 1 amide bonds. The number of amides is 1. The number of hydrogen-bond donors (Lipinski definition) is 2. The van der Waals surface area contributed by atoms with Crippen LogP contribution in [0.1, 0.15) is 21.5 Å². The normalized spacial score (nSPS) is 10.5. The van der Waals surface area contributed by atoms with E-state index in [1.165, 1.54) is 23.9 Å². The summed E-state index contributed by atoms with van der Waals surface area (Å²) in [6.07, 6.45) is 0. The third kappa shape index (κ3) is 3.30. The fraction of sp³-hybridized carbons (Fsp3) is 0.133. The fourth-order valence-corrected chi connectivity index (χ4v) is 2.80. The van der Waals surface area contributed by atoms with Gasteiger partial charge in [-0.05, 0) is 48.4 Å². The van der Waals surface area contributed by atoms with Crippen LogP contribution in [-0.2, 0) is 5.75 Å². The van der Waals surface area contributed by atoms with E-state index >= 15 is 0 Å². The van der Waals surface area contributed by atoms with Crippen molar-refractivity contribution in [3.8, 4) is 0 Å². The van der Waals surface area contributed by atoms with Gasteiger partial charge >= 0.3 is 0 Å². The van der Waals surface area contributed by atoms with Crippen molar-refractivity contribution < 1.29 is 9.18 Å². The lowest BCUT2D eigenvalue weighted by molar-refractivity contribution is 0.1000. The predicted molar refractivity (Wildman–Crippen MR) is 80.1 cm³/mol. The molecule has 0 saturated heterocycles. The summed E-state index contributed by atoms with van der Waals surface area (Å²) < 4.78 is 13.8. The van der Waals surface area contributed by atoms with Gasteiger partial charge < -0.3 is 11.5 Å². The number of benzene rings is 2. The van der Waals surface area contributed by atoms with Crippen LogP contribution < -0.4 is 11.5 Å². The number of nitrogen functional groups attached to an aromatic ring is 1. The van der Waals surface area contributed by atoms with E-state index in [2.05, 4.69) is 0 Å². The van der Waals surface area contributed by atoms with Crippen molar-refractivity contribution in [1.29, 1.82) is 0 Å². The van der Waals surface area contributed by atoms with Gasteiger partial charge in [-0.2, -0.15) is 0 Å². The molecule has 2 rings (SSSR count). The van der Waals surface area contributed by atoms with Gasteiger partial charge in [-0.25, -0.2) is 4.39 Å². The molecule has 0 atom stereocenters. The maximum absolute atomic E-state index is 13.8. The van der Waals surface area contributed by atoms with Crippen molar-refractivity contribution in [2.75, 3.05) is 5.73 Å². The van der Waals surface area contributed by atoms with E-state index in [-0.39, 0.29) is 5.56 Å². The first-order chi connectivity index (χ1) is 9.47. The molecule has 0 saturated carbocycles. The highest BCUT2D eigenvalue weighted by atomic mass is 32.2. The number of primary amides is 1. The molecule has 0 heterocycles. The van der Waals surface area contributed by atoms with E-state index in [0.717, 1.165) is 10.5 Å². The standard InChI is InChI=1S/C15H15FN2OS/c1-9-6-12(17)4-5-14(9)20-8-11-3-2-10(15(18)19)7-13(11)16/h2-7H,8,17H2,1H3,(H2,18,19). The van der Waals surface area contributed by atoms with Gasteiger partial charge in [0, 0.05) is 21.9 Å². The zero-order valence-corrected chi connectivity index (χ0v) is 11.8. The third-order valence-corrected chi connectivity index (χ3v) is 4.14. The van der Waals surface area contributed by atoms with Crippen LogP contribution in [0.2, 0.25) is 0 Å². The number of rotatable bonds is 4. The van der Waals surface area contributed by atoms with E-state index in [0.29, 0.717) is 17.0 Å². The minimum atomic E-state index is -0.627. The number of hydrogen-bond acceptors (Lipinski definition) is 3. The van der Waals surface area contributed by atoms with Crippen LogP contribution in [0.4, 0.5) is 10.1 Å². The second-order valence-corrected chi connectivity index (χ2v) is 5.50. The lowest BCUT2D eigenvalue weighted by Gasteiger charge is -2.08. The largest absolute Gasteiger partial charge is 0.399 e. The van der Waals surface area contributed by atoms with Gasteiger partial charge in [0.15, 0.2) is 0 Å². The molecule has 0 aliphatic rings. The molecule has 2 aromatic carbocycles. The topological polar surface area (TPSA) is 69.1 Å². The van der Waals surface area contributed by atoms with Gasteiger partial charge in [0.05, 0.1) is 0 Å². The molecule has 4 N–H and O–H groups in total. The Kier molecular flexibility index (Phi) is 4.29. The highest BCUT2D eigenvalue weighted by molar-refractivity contribution is 7.98. The Labute approximate surface area is 121 Å². The smallest absolute Gasteiger partial charge is 0.248 e. The fourth-order valence-electron chi connectivity index (χ4n) is 1.81. The summed E-state index contributed by atoms with van der Waals surface area (Å²) in [7, 11) is 0. The van der Waals surface area contributed by atoms with Crippen LogP contribution in [0.15, 0.2) is 41.3 Å². The number of thioether (sulfide) groups is 1. The molecule has 0 aliphatic heterocycles. The molecule has 5 heteroatoms. The highest BCUT2D eigenvalue weighted by Crippen LogP contribution is 2.28. The Hall–Kier alpha value is -2.01. The second kappa shape index (κ2) is 5.96. The zero-order valence-electron chi connectivity index (χ0n) is 11.0. The van der Waals surface area contributed by atoms with Crippen molar-refractivity contribution >= 4 is 23.4 Å². The molecule has 0 fully saturated rings. The van der Waals surface area contributed by atoms with Gasteiger partial charge in [0.2, 0.25) is 5.91 Å². The summed E-state index contributed by atoms with van der Waals surface area (Å²) >= 11 is 1.53. The minimum Gasteiger partial charge on any atom is -0.399 e. The van der Waals surface area contributed by atoms with Gasteiger partial charge in [0.25, 0.3) is 0 Å². The Morgan fingerprint density at radius 2 is 2.00 bits per heavy atom. The number of carbonyl (C=O) groups excluding carboxylic acids is 1.